The first kappa shape index (κ1) is 19.6. The molecule has 1 aromatic heterocycles. The van der Waals surface area contributed by atoms with Gasteiger partial charge in [0.25, 0.3) is 0 Å². The standard InChI is InChI=1S/C20H26N2O4/c1-20(2,3)26-19(24)21-12-11-18(23)22(15-17-10-7-13-25-17)14-16-8-5-4-6-9-16/h4-10,13H,11-12,14-15H2,1-3H3,(H,21,24). The Morgan fingerprint density at radius 1 is 1.08 bits per heavy atom. The van der Waals surface area contributed by atoms with Gasteiger partial charge < -0.3 is 19.4 Å². The molecule has 2 amide bonds. The summed E-state index contributed by atoms with van der Waals surface area (Å²) in [5.74, 6) is 0.649. The van der Waals surface area contributed by atoms with Crippen LogP contribution in [0.4, 0.5) is 4.79 Å². The number of nitrogens with zero attached hydrogens (tertiary/aromatic N) is 1. The monoisotopic (exact) mass is 358 g/mol. The number of carbonyl (C=O) groups is 2. The molecule has 0 unspecified atom stereocenters. The van der Waals surface area contributed by atoms with Crippen LogP contribution in [0.2, 0.25) is 0 Å². The van der Waals surface area contributed by atoms with E-state index in [9.17, 15) is 9.59 Å². The van der Waals surface area contributed by atoms with Gasteiger partial charge in [0.1, 0.15) is 11.4 Å². The lowest BCUT2D eigenvalue weighted by Crippen LogP contribution is -2.36. The number of ether oxygens (including phenoxy) is 1. The summed E-state index contributed by atoms with van der Waals surface area (Å²) < 4.78 is 10.5. The molecule has 0 aliphatic rings. The van der Waals surface area contributed by atoms with Crippen LogP contribution in [-0.2, 0) is 22.6 Å². The molecule has 0 atom stereocenters. The van der Waals surface area contributed by atoms with Gasteiger partial charge in [0, 0.05) is 19.5 Å². The highest BCUT2D eigenvalue weighted by atomic mass is 16.6. The molecule has 0 radical (unpaired) electrons. The van der Waals surface area contributed by atoms with Crippen LogP contribution in [0, 0.1) is 0 Å². The third-order valence-electron chi connectivity index (χ3n) is 3.50. The Hall–Kier alpha value is -2.76. The zero-order chi connectivity index (χ0) is 19.0. The first-order valence-electron chi connectivity index (χ1n) is 8.64. The second-order valence-electron chi connectivity index (χ2n) is 6.99. The van der Waals surface area contributed by atoms with E-state index < -0.39 is 11.7 Å². The van der Waals surface area contributed by atoms with Gasteiger partial charge in [-0.25, -0.2) is 4.79 Å². The number of hydrogen-bond donors (Lipinski definition) is 1. The van der Waals surface area contributed by atoms with Gasteiger partial charge in [0.2, 0.25) is 5.91 Å². The van der Waals surface area contributed by atoms with E-state index in [1.165, 1.54) is 0 Å². The van der Waals surface area contributed by atoms with E-state index in [0.29, 0.717) is 13.1 Å². The molecule has 6 heteroatoms. The van der Waals surface area contributed by atoms with Gasteiger partial charge >= 0.3 is 6.09 Å². The van der Waals surface area contributed by atoms with E-state index in [2.05, 4.69) is 5.32 Å². The minimum atomic E-state index is -0.563. The number of furan rings is 1. The van der Waals surface area contributed by atoms with Gasteiger partial charge in [-0.15, -0.1) is 0 Å². The maximum Gasteiger partial charge on any atom is 0.407 e. The van der Waals surface area contributed by atoms with Crippen LogP contribution >= 0.6 is 0 Å². The SMILES string of the molecule is CC(C)(C)OC(=O)NCCC(=O)N(Cc1ccccc1)Cc1ccco1. The molecule has 0 spiro atoms. The topological polar surface area (TPSA) is 71.8 Å². The van der Waals surface area contributed by atoms with Gasteiger partial charge in [-0.2, -0.15) is 0 Å². The third-order valence-corrected chi connectivity index (χ3v) is 3.50. The quantitative estimate of drug-likeness (QED) is 0.819. The van der Waals surface area contributed by atoms with Crippen molar-refractivity contribution in [1.29, 1.82) is 0 Å². The first-order chi connectivity index (χ1) is 12.3. The van der Waals surface area contributed by atoms with Crippen LogP contribution in [0.25, 0.3) is 0 Å². The normalized spacial score (nSPS) is 11.0. The summed E-state index contributed by atoms with van der Waals surface area (Å²) in [6.45, 7) is 6.46. The Labute approximate surface area is 154 Å². The minimum absolute atomic E-state index is 0.0682. The Morgan fingerprint density at radius 2 is 1.81 bits per heavy atom. The molecule has 2 aromatic rings. The van der Waals surface area contributed by atoms with Gasteiger partial charge in [0.15, 0.2) is 0 Å². The largest absolute Gasteiger partial charge is 0.467 e. The lowest BCUT2D eigenvalue weighted by atomic mass is 10.2. The number of hydrogen-bond acceptors (Lipinski definition) is 4. The van der Waals surface area contributed by atoms with E-state index in [0.717, 1.165) is 11.3 Å². The highest BCUT2D eigenvalue weighted by Crippen LogP contribution is 2.12. The fourth-order valence-corrected chi connectivity index (χ4v) is 2.37. The van der Waals surface area contributed by atoms with Crippen molar-refractivity contribution in [2.24, 2.45) is 0 Å². The number of amides is 2. The third kappa shape index (κ3) is 7.01. The van der Waals surface area contributed by atoms with Crippen molar-refractivity contribution in [2.45, 2.75) is 45.9 Å². The van der Waals surface area contributed by atoms with Crippen LogP contribution in [0.3, 0.4) is 0 Å². The van der Waals surface area contributed by atoms with E-state index in [-0.39, 0.29) is 18.9 Å². The predicted molar refractivity (Wildman–Crippen MR) is 98.3 cm³/mol. The molecule has 6 nitrogen and oxygen atoms in total. The van der Waals surface area contributed by atoms with E-state index >= 15 is 0 Å². The first-order valence-corrected chi connectivity index (χ1v) is 8.64. The van der Waals surface area contributed by atoms with E-state index in [4.69, 9.17) is 9.15 Å². The molecular formula is C20H26N2O4. The summed E-state index contributed by atoms with van der Waals surface area (Å²) in [7, 11) is 0. The summed E-state index contributed by atoms with van der Waals surface area (Å²) >= 11 is 0. The minimum Gasteiger partial charge on any atom is -0.467 e. The van der Waals surface area contributed by atoms with Crippen molar-refractivity contribution in [3.63, 3.8) is 0 Å². The van der Waals surface area contributed by atoms with Crippen LogP contribution in [0.1, 0.15) is 38.5 Å². The Morgan fingerprint density at radius 3 is 2.42 bits per heavy atom. The molecule has 0 saturated heterocycles. The van der Waals surface area contributed by atoms with Crippen molar-refractivity contribution in [2.75, 3.05) is 6.54 Å². The van der Waals surface area contributed by atoms with Gasteiger partial charge in [0.05, 0.1) is 12.8 Å². The van der Waals surface area contributed by atoms with Crippen molar-refractivity contribution in [3.8, 4) is 0 Å². The van der Waals surface area contributed by atoms with E-state index in [1.54, 1.807) is 38.0 Å². The van der Waals surface area contributed by atoms with Gasteiger partial charge in [-0.05, 0) is 38.5 Å². The molecule has 0 aliphatic heterocycles. The van der Waals surface area contributed by atoms with Crippen LogP contribution in [0.5, 0.6) is 0 Å². The maximum absolute atomic E-state index is 12.6. The second kappa shape index (κ2) is 9.08. The van der Waals surface area contributed by atoms with Crippen LogP contribution in [-0.4, -0.2) is 29.0 Å². The Bertz CT molecular complexity index is 690. The number of benzene rings is 1. The molecule has 0 aliphatic carbocycles. The summed E-state index contributed by atoms with van der Waals surface area (Å²) in [5.41, 5.74) is 0.472. The van der Waals surface area contributed by atoms with Crippen molar-refractivity contribution >= 4 is 12.0 Å². The number of nitrogens with one attached hydrogen (secondary N) is 1. The molecule has 0 bridgehead atoms. The van der Waals surface area contributed by atoms with Gasteiger partial charge in [-0.3, -0.25) is 4.79 Å². The maximum atomic E-state index is 12.6. The number of alkyl carbamates (subject to hydrolysis) is 1. The highest BCUT2D eigenvalue weighted by Gasteiger charge is 2.18. The molecule has 1 N–H and O–H groups in total. The predicted octanol–water partition coefficient (Wildman–Crippen LogP) is 3.72. The average molecular weight is 358 g/mol. The molecule has 2 rings (SSSR count). The fourth-order valence-electron chi connectivity index (χ4n) is 2.37. The molecule has 26 heavy (non-hydrogen) atoms. The smallest absolute Gasteiger partial charge is 0.407 e. The second-order valence-corrected chi connectivity index (χ2v) is 6.99. The number of rotatable bonds is 7. The Kier molecular flexibility index (Phi) is 6.83. The molecular weight excluding hydrogens is 332 g/mol. The van der Waals surface area contributed by atoms with Crippen molar-refractivity contribution in [1.82, 2.24) is 10.2 Å². The fraction of sp³-hybridized carbons (Fsp3) is 0.400. The zero-order valence-corrected chi connectivity index (χ0v) is 15.5. The summed E-state index contributed by atoms with van der Waals surface area (Å²) in [6, 6.07) is 13.4. The van der Waals surface area contributed by atoms with Crippen LogP contribution in [0.15, 0.2) is 53.1 Å². The molecule has 1 aromatic carbocycles. The van der Waals surface area contributed by atoms with Crippen molar-refractivity contribution in [3.05, 3.63) is 60.1 Å². The lowest BCUT2D eigenvalue weighted by molar-refractivity contribution is -0.132. The lowest BCUT2D eigenvalue weighted by Gasteiger charge is -2.23. The molecule has 0 saturated carbocycles. The molecule has 140 valence electrons. The summed E-state index contributed by atoms with van der Waals surface area (Å²) in [6.07, 6.45) is 1.25. The zero-order valence-electron chi connectivity index (χ0n) is 15.5. The Balaban J connectivity index is 1.91. The van der Waals surface area contributed by atoms with Crippen LogP contribution < -0.4 is 5.32 Å². The van der Waals surface area contributed by atoms with Crippen molar-refractivity contribution < 1.29 is 18.7 Å². The van der Waals surface area contributed by atoms with E-state index in [1.807, 2.05) is 36.4 Å². The summed E-state index contributed by atoms with van der Waals surface area (Å²) in [5, 5.41) is 2.62. The average Bonchev–Trinajstić information content (AvgIpc) is 3.06. The molecule has 1 heterocycles. The number of carbonyl (C=O) groups excluding carboxylic acids is 2. The summed E-state index contributed by atoms with van der Waals surface area (Å²) in [4.78, 5) is 26.0. The highest BCUT2D eigenvalue weighted by molar-refractivity contribution is 5.77. The molecule has 0 fully saturated rings. The van der Waals surface area contributed by atoms with Gasteiger partial charge in [-0.1, -0.05) is 30.3 Å².